The van der Waals surface area contributed by atoms with E-state index < -0.39 is 16.0 Å². The Balaban J connectivity index is 1.72. The number of benzene rings is 2. The van der Waals surface area contributed by atoms with E-state index in [2.05, 4.69) is 9.71 Å². The molecule has 8 heteroatoms. The molecule has 2 aromatic carbocycles. The van der Waals surface area contributed by atoms with E-state index in [9.17, 15) is 13.2 Å². The Morgan fingerprint density at radius 3 is 2.37 bits per heavy atom. The molecule has 1 aromatic heterocycles. The van der Waals surface area contributed by atoms with Crippen LogP contribution >= 0.6 is 0 Å². The van der Waals surface area contributed by atoms with Gasteiger partial charge < -0.3 is 9.84 Å². The van der Waals surface area contributed by atoms with Gasteiger partial charge in [0, 0.05) is 19.2 Å². The molecule has 0 atom stereocenters. The minimum atomic E-state index is -3.59. The van der Waals surface area contributed by atoms with Crippen LogP contribution in [-0.2, 0) is 27.7 Å². The van der Waals surface area contributed by atoms with Crippen molar-refractivity contribution in [3.8, 4) is 11.5 Å². The van der Waals surface area contributed by atoms with E-state index in [-0.39, 0.29) is 17.9 Å². The van der Waals surface area contributed by atoms with Gasteiger partial charge in [-0.3, -0.25) is 9.78 Å². The molecular weight excluding hydrogens is 404 g/mol. The molecule has 0 bridgehead atoms. The van der Waals surface area contributed by atoms with Gasteiger partial charge in [-0.05, 0) is 60.4 Å². The first-order valence-electron chi connectivity index (χ1n) is 9.39. The summed E-state index contributed by atoms with van der Waals surface area (Å²) in [5.41, 5.74) is 1.65. The van der Waals surface area contributed by atoms with E-state index in [0.29, 0.717) is 24.3 Å². The first-order chi connectivity index (χ1) is 14.4. The van der Waals surface area contributed by atoms with Gasteiger partial charge in [-0.1, -0.05) is 24.3 Å². The number of sulfonamides is 1. The highest BCUT2D eigenvalue weighted by molar-refractivity contribution is 7.89. The number of nitrogens with zero attached hydrogens (tertiary/aromatic N) is 1. The number of hydrogen-bond acceptors (Lipinski definition) is 5. The molecule has 3 rings (SSSR count). The van der Waals surface area contributed by atoms with Gasteiger partial charge in [0.1, 0.15) is 11.5 Å². The fourth-order valence-corrected chi connectivity index (χ4v) is 3.94. The van der Waals surface area contributed by atoms with Crippen molar-refractivity contribution in [3.63, 3.8) is 0 Å². The first-order valence-corrected chi connectivity index (χ1v) is 10.9. The van der Waals surface area contributed by atoms with E-state index in [0.717, 1.165) is 11.1 Å². The number of carboxylic acids is 1. The third-order valence-corrected chi connectivity index (χ3v) is 5.76. The van der Waals surface area contributed by atoms with Gasteiger partial charge in [-0.15, -0.1) is 0 Å². The number of nitrogens with one attached hydrogen (secondary N) is 1. The van der Waals surface area contributed by atoms with Crippen LogP contribution in [0.2, 0.25) is 0 Å². The molecule has 0 amide bonds. The molecule has 30 heavy (non-hydrogen) atoms. The van der Waals surface area contributed by atoms with Crippen LogP contribution in [0, 0.1) is 0 Å². The van der Waals surface area contributed by atoms with Crippen molar-refractivity contribution in [2.45, 2.75) is 24.2 Å². The molecular formula is C22H22N2O5S. The number of hydrogen-bond donors (Lipinski definition) is 2. The highest BCUT2D eigenvalue weighted by atomic mass is 32.2. The zero-order valence-electron chi connectivity index (χ0n) is 16.2. The van der Waals surface area contributed by atoms with E-state index in [1.165, 1.54) is 12.1 Å². The minimum absolute atomic E-state index is 0.00355. The summed E-state index contributed by atoms with van der Waals surface area (Å²) in [6.45, 7) is 0.200. The summed E-state index contributed by atoms with van der Waals surface area (Å²) in [4.78, 5) is 15.2. The molecule has 0 saturated heterocycles. The quantitative estimate of drug-likeness (QED) is 0.515. The number of aromatic nitrogens is 1. The summed E-state index contributed by atoms with van der Waals surface area (Å²) < 4.78 is 33.2. The van der Waals surface area contributed by atoms with Crippen molar-refractivity contribution >= 4 is 16.0 Å². The number of ether oxygens (including phenoxy) is 1. The second-order valence-corrected chi connectivity index (χ2v) is 8.40. The molecule has 0 saturated carbocycles. The van der Waals surface area contributed by atoms with Crippen LogP contribution in [0.15, 0.2) is 78.0 Å². The summed E-state index contributed by atoms with van der Waals surface area (Å²) >= 11 is 0. The van der Waals surface area contributed by atoms with Crippen molar-refractivity contribution in [2.75, 3.05) is 6.54 Å². The molecule has 0 aliphatic rings. The zero-order chi connectivity index (χ0) is 21.4. The fraction of sp³-hybridized carbons (Fsp3) is 0.182. The molecule has 7 nitrogen and oxygen atoms in total. The maximum atomic E-state index is 12.4. The lowest BCUT2D eigenvalue weighted by Crippen LogP contribution is -2.26. The van der Waals surface area contributed by atoms with Gasteiger partial charge >= 0.3 is 5.97 Å². The van der Waals surface area contributed by atoms with Gasteiger partial charge in [0.2, 0.25) is 10.0 Å². The Bertz CT molecular complexity index is 1090. The van der Waals surface area contributed by atoms with Crippen LogP contribution in [0.4, 0.5) is 0 Å². The average molecular weight is 426 g/mol. The Hall–Kier alpha value is -3.23. The van der Waals surface area contributed by atoms with Crippen LogP contribution in [0.1, 0.15) is 17.5 Å². The Morgan fingerprint density at radius 2 is 1.70 bits per heavy atom. The summed E-state index contributed by atoms with van der Waals surface area (Å²) in [6, 6.07) is 17.2. The summed E-state index contributed by atoms with van der Waals surface area (Å²) in [6.07, 6.45) is 3.99. The molecule has 0 spiro atoms. The summed E-state index contributed by atoms with van der Waals surface area (Å²) in [5.74, 6) is 0.223. The average Bonchev–Trinajstić information content (AvgIpc) is 2.73. The zero-order valence-corrected chi connectivity index (χ0v) is 17.0. The van der Waals surface area contributed by atoms with E-state index >= 15 is 0 Å². The van der Waals surface area contributed by atoms with Gasteiger partial charge in [0.25, 0.3) is 0 Å². The second kappa shape index (κ2) is 10.00. The normalized spacial score (nSPS) is 11.2. The molecule has 2 N–H and O–H groups in total. The predicted molar refractivity (Wildman–Crippen MR) is 112 cm³/mol. The van der Waals surface area contributed by atoms with Crippen LogP contribution in [0.3, 0.4) is 0 Å². The topological polar surface area (TPSA) is 106 Å². The molecule has 156 valence electrons. The molecule has 0 radical (unpaired) electrons. The second-order valence-electron chi connectivity index (χ2n) is 6.63. The third kappa shape index (κ3) is 6.40. The van der Waals surface area contributed by atoms with Gasteiger partial charge in [-0.25, -0.2) is 13.1 Å². The monoisotopic (exact) mass is 426 g/mol. The largest absolute Gasteiger partial charge is 0.481 e. The number of carboxylic acid groups (broad SMARTS) is 1. The Labute approximate surface area is 175 Å². The lowest BCUT2D eigenvalue weighted by atomic mass is 10.0. The van der Waals surface area contributed by atoms with Gasteiger partial charge in [-0.2, -0.15) is 0 Å². The Kier molecular flexibility index (Phi) is 7.16. The van der Waals surface area contributed by atoms with Gasteiger partial charge in [0.15, 0.2) is 0 Å². The van der Waals surface area contributed by atoms with Crippen LogP contribution in [0.5, 0.6) is 11.5 Å². The van der Waals surface area contributed by atoms with Crippen molar-refractivity contribution < 1.29 is 23.1 Å². The summed E-state index contributed by atoms with van der Waals surface area (Å²) in [7, 11) is -3.59. The smallest absolute Gasteiger partial charge is 0.303 e. The number of pyridine rings is 1. The van der Waals surface area contributed by atoms with E-state index in [4.69, 9.17) is 9.84 Å². The van der Waals surface area contributed by atoms with E-state index in [1.807, 2.05) is 12.1 Å². The lowest BCUT2D eigenvalue weighted by Gasteiger charge is -2.12. The molecule has 1 heterocycles. The fourth-order valence-electron chi connectivity index (χ4n) is 2.88. The number of rotatable bonds is 10. The number of carbonyl (C=O) groups is 1. The third-order valence-electron chi connectivity index (χ3n) is 4.28. The van der Waals surface area contributed by atoms with Crippen molar-refractivity contribution in [2.24, 2.45) is 0 Å². The highest BCUT2D eigenvalue weighted by Crippen LogP contribution is 2.24. The molecule has 3 aromatic rings. The molecule has 0 aliphatic carbocycles. The van der Waals surface area contributed by atoms with Crippen LogP contribution in [-0.4, -0.2) is 31.0 Å². The molecule has 0 unspecified atom stereocenters. The minimum Gasteiger partial charge on any atom is -0.481 e. The van der Waals surface area contributed by atoms with Crippen molar-refractivity contribution in [3.05, 3.63) is 84.2 Å². The summed E-state index contributed by atoms with van der Waals surface area (Å²) in [5, 5.41) is 8.97. The van der Waals surface area contributed by atoms with Crippen molar-refractivity contribution in [1.29, 1.82) is 0 Å². The number of aliphatic carboxylic acids is 1. The SMILES string of the molecule is O=C(O)CCc1cc(CCNS(=O)(=O)c2ccccc2)cc(Oc2cccnc2)c1. The van der Waals surface area contributed by atoms with Crippen LogP contribution < -0.4 is 9.46 Å². The lowest BCUT2D eigenvalue weighted by molar-refractivity contribution is -0.136. The first kappa shape index (κ1) is 21.5. The highest BCUT2D eigenvalue weighted by Gasteiger charge is 2.13. The maximum absolute atomic E-state index is 12.4. The van der Waals surface area contributed by atoms with Crippen LogP contribution in [0.25, 0.3) is 0 Å². The van der Waals surface area contributed by atoms with E-state index in [1.54, 1.807) is 48.8 Å². The molecule has 0 aliphatic heterocycles. The number of aryl methyl sites for hydroxylation is 1. The maximum Gasteiger partial charge on any atom is 0.303 e. The standard InChI is InChI=1S/C22H22N2O5S/c25-22(26)9-8-17-13-18(15-20(14-17)29-19-5-4-11-23-16-19)10-12-24-30(27,28)21-6-2-1-3-7-21/h1-7,11,13-16,24H,8-10,12H2,(H,25,26). The molecule has 0 fully saturated rings. The Morgan fingerprint density at radius 1 is 0.967 bits per heavy atom. The van der Waals surface area contributed by atoms with Crippen molar-refractivity contribution in [1.82, 2.24) is 9.71 Å². The predicted octanol–water partition coefficient (Wildman–Crippen LogP) is 3.41. The van der Waals surface area contributed by atoms with Gasteiger partial charge in [0.05, 0.1) is 11.1 Å².